The zero-order valence-electron chi connectivity index (χ0n) is 39.2. The van der Waals surface area contributed by atoms with Crippen LogP contribution in [0.5, 0.6) is 0 Å². The van der Waals surface area contributed by atoms with E-state index in [1.807, 2.05) is 0 Å². The number of allylic oxidation sites excluding steroid dienone is 8. The van der Waals surface area contributed by atoms with Crippen LogP contribution in [0.25, 0.3) is 0 Å². The Morgan fingerprint density at radius 3 is 1.42 bits per heavy atom. The highest BCUT2D eigenvalue weighted by atomic mass is 31.2. The second-order valence-electron chi connectivity index (χ2n) is 16.6. The second kappa shape index (κ2) is 48.5. The van der Waals surface area contributed by atoms with Gasteiger partial charge in [0, 0.05) is 19.6 Å². The van der Waals surface area contributed by atoms with Crippen molar-refractivity contribution >= 4 is 13.8 Å². The molecule has 0 spiro atoms. The summed E-state index contributed by atoms with van der Waals surface area (Å²) < 4.78 is 33.6. The molecular formula is C51H96NO7P. The van der Waals surface area contributed by atoms with Crippen LogP contribution in [0.3, 0.4) is 0 Å². The molecule has 3 N–H and O–H groups in total. The first-order valence-electron chi connectivity index (χ1n) is 25.1. The smallest absolute Gasteiger partial charge is 0.457 e. The molecule has 0 amide bonds. The Labute approximate surface area is 371 Å². The Morgan fingerprint density at radius 2 is 0.933 bits per heavy atom. The number of esters is 1. The van der Waals surface area contributed by atoms with E-state index < -0.39 is 13.9 Å². The van der Waals surface area contributed by atoms with Crippen LogP contribution in [-0.2, 0) is 27.9 Å². The van der Waals surface area contributed by atoms with Crippen molar-refractivity contribution in [3.63, 3.8) is 0 Å². The van der Waals surface area contributed by atoms with Crippen molar-refractivity contribution in [2.45, 2.75) is 238 Å². The van der Waals surface area contributed by atoms with Crippen LogP contribution in [0.2, 0.25) is 0 Å². The van der Waals surface area contributed by atoms with Crippen molar-refractivity contribution in [2.75, 3.05) is 33.0 Å². The van der Waals surface area contributed by atoms with E-state index in [9.17, 15) is 14.3 Å². The molecule has 352 valence electrons. The Balaban J connectivity index is 3.94. The van der Waals surface area contributed by atoms with E-state index in [1.165, 1.54) is 154 Å². The first-order chi connectivity index (χ1) is 29.4. The maximum Gasteiger partial charge on any atom is 0.472 e. The molecule has 2 unspecified atom stereocenters. The lowest BCUT2D eigenvalue weighted by molar-refractivity contribution is -0.154. The number of phosphoric acid groups is 1. The van der Waals surface area contributed by atoms with Crippen molar-refractivity contribution in [1.29, 1.82) is 0 Å². The summed E-state index contributed by atoms with van der Waals surface area (Å²) in [6, 6.07) is 0. The van der Waals surface area contributed by atoms with Crippen molar-refractivity contribution in [3.05, 3.63) is 48.6 Å². The molecular weight excluding hydrogens is 770 g/mol. The summed E-state index contributed by atoms with van der Waals surface area (Å²) in [5.41, 5.74) is 5.39. The van der Waals surface area contributed by atoms with Gasteiger partial charge >= 0.3 is 13.8 Å². The Morgan fingerprint density at radius 1 is 0.517 bits per heavy atom. The Kier molecular flexibility index (Phi) is 47.2. The van der Waals surface area contributed by atoms with Crippen molar-refractivity contribution in [1.82, 2.24) is 0 Å². The third-order valence-electron chi connectivity index (χ3n) is 10.7. The van der Waals surface area contributed by atoms with E-state index in [4.69, 9.17) is 24.3 Å². The maximum absolute atomic E-state index is 12.7. The minimum Gasteiger partial charge on any atom is -0.457 e. The molecule has 0 aromatic carbocycles. The number of hydrogen-bond acceptors (Lipinski definition) is 7. The van der Waals surface area contributed by atoms with Gasteiger partial charge in [0.1, 0.15) is 6.10 Å². The van der Waals surface area contributed by atoms with Crippen LogP contribution < -0.4 is 5.73 Å². The van der Waals surface area contributed by atoms with Crippen LogP contribution in [0, 0.1) is 0 Å². The third kappa shape index (κ3) is 47.5. The van der Waals surface area contributed by atoms with E-state index in [0.29, 0.717) is 13.0 Å². The van der Waals surface area contributed by atoms with Crippen LogP contribution in [-0.4, -0.2) is 49.9 Å². The van der Waals surface area contributed by atoms with E-state index in [2.05, 4.69) is 62.5 Å². The van der Waals surface area contributed by atoms with Crippen LogP contribution in [0.1, 0.15) is 232 Å². The second-order valence-corrected chi connectivity index (χ2v) is 18.1. The first kappa shape index (κ1) is 58.5. The fourth-order valence-corrected chi connectivity index (χ4v) is 7.83. The number of phosphoric ester groups is 1. The lowest BCUT2D eigenvalue weighted by Crippen LogP contribution is -2.28. The number of carbonyl (C=O) groups is 1. The molecule has 0 saturated carbocycles. The van der Waals surface area contributed by atoms with Gasteiger partial charge in [-0.1, -0.05) is 204 Å². The lowest BCUT2D eigenvalue weighted by Gasteiger charge is -2.20. The maximum atomic E-state index is 12.7. The minimum absolute atomic E-state index is 0.0978. The molecule has 0 aliphatic carbocycles. The van der Waals surface area contributed by atoms with Gasteiger partial charge < -0.3 is 20.1 Å². The predicted molar refractivity (Wildman–Crippen MR) is 256 cm³/mol. The molecule has 0 aromatic rings. The summed E-state index contributed by atoms with van der Waals surface area (Å²) in [7, 11) is -4.28. The van der Waals surface area contributed by atoms with Crippen molar-refractivity contribution < 1.29 is 32.8 Å². The van der Waals surface area contributed by atoms with Gasteiger partial charge in [0.05, 0.1) is 19.8 Å². The fraction of sp³-hybridized carbons (Fsp3) is 0.824. The standard InChI is InChI=1S/C51H96NO7P/c1-3-5-7-9-11-13-15-17-19-21-23-24-25-26-27-28-30-32-34-36-38-40-42-44-51(53)59-50(49-58-60(54,55)57-47-45-52)48-56-46-43-41-39-37-35-33-31-29-22-20-18-16-14-12-10-8-6-4-2/h6,8,12,14,18,20-21,23,50H,3-5,7,9-11,13,15-17,19,22,24-49,52H2,1-2H3,(H,54,55)/b8-6-,14-12-,20-18-,23-21-. The summed E-state index contributed by atoms with van der Waals surface area (Å²) in [5.74, 6) is -0.332. The highest BCUT2D eigenvalue weighted by Crippen LogP contribution is 2.43. The first-order valence-corrected chi connectivity index (χ1v) is 26.6. The van der Waals surface area contributed by atoms with Gasteiger partial charge in [0.2, 0.25) is 0 Å². The van der Waals surface area contributed by atoms with Gasteiger partial charge in [-0.15, -0.1) is 0 Å². The molecule has 0 aliphatic rings. The normalized spacial score (nSPS) is 13.7. The van der Waals surface area contributed by atoms with E-state index >= 15 is 0 Å². The molecule has 0 rings (SSSR count). The average molecular weight is 866 g/mol. The monoisotopic (exact) mass is 866 g/mol. The van der Waals surface area contributed by atoms with Crippen LogP contribution >= 0.6 is 7.82 Å². The summed E-state index contributed by atoms with van der Waals surface area (Å²) >= 11 is 0. The number of nitrogens with two attached hydrogens (primary N) is 1. The van der Waals surface area contributed by atoms with E-state index in [-0.39, 0.29) is 32.3 Å². The average Bonchev–Trinajstić information content (AvgIpc) is 3.24. The number of hydrogen-bond donors (Lipinski definition) is 2. The summed E-state index contributed by atoms with van der Waals surface area (Å²) in [6.07, 6.45) is 58.6. The fourth-order valence-electron chi connectivity index (χ4n) is 7.07. The molecule has 8 nitrogen and oxygen atoms in total. The quantitative estimate of drug-likeness (QED) is 0.0269. The zero-order valence-corrected chi connectivity index (χ0v) is 40.1. The molecule has 0 aliphatic heterocycles. The predicted octanol–water partition coefficient (Wildman–Crippen LogP) is 15.5. The van der Waals surface area contributed by atoms with Gasteiger partial charge in [-0.25, -0.2) is 4.57 Å². The minimum atomic E-state index is -4.28. The number of unbranched alkanes of at least 4 members (excludes halogenated alkanes) is 27. The molecule has 9 heteroatoms. The summed E-state index contributed by atoms with van der Waals surface area (Å²) in [6.45, 7) is 4.82. The Bertz CT molecular complexity index is 1060. The third-order valence-corrected chi connectivity index (χ3v) is 11.7. The van der Waals surface area contributed by atoms with E-state index in [1.54, 1.807) is 0 Å². The topological polar surface area (TPSA) is 117 Å². The van der Waals surface area contributed by atoms with Gasteiger partial charge in [0.15, 0.2) is 0 Å². The molecule has 0 bridgehead atoms. The van der Waals surface area contributed by atoms with Crippen LogP contribution in [0.4, 0.5) is 0 Å². The molecule has 0 saturated heterocycles. The lowest BCUT2D eigenvalue weighted by atomic mass is 10.0. The van der Waals surface area contributed by atoms with Crippen molar-refractivity contribution in [2.24, 2.45) is 5.73 Å². The summed E-state index contributed by atoms with van der Waals surface area (Å²) in [4.78, 5) is 22.6. The van der Waals surface area contributed by atoms with E-state index in [0.717, 1.165) is 57.8 Å². The van der Waals surface area contributed by atoms with Crippen LogP contribution in [0.15, 0.2) is 48.6 Å². The van der Waals surface area contributed by atoms with Gasteiger partial charge in [0.25, 0.3) is 0 Å². The SMILES string of the molecule is CC/C=C\C/C=C\C/C=C\CCCCCCCCCCOCC(COP(=O)(O)OCCN)OC(=O)CCCCCCCCCCCCC/C=C\CCCCCCCCCC. The highest BCUT2D eigenvalue weighted by molar-refractivity contribution is 7.47. The van der Waals surface area contributed by atoms with Gasteiger partial charge in [-0.2, -0.15) is 0 Å². The summed E-state index contributed by atoms with van der Waals surface area (Å²) in [5, 5.41) is 0. The number of carbonyl (C=O) groups excluding carboxylic acids is 1. The van der Waals surface area contributed by atoms with Gasteiger partial charge in [-0.3, -0.25) is 13.8 Å². The molecule has 2 atom stereocenters. The molecule has 0 fully saturated rings. The number of rotatable bonds is 48. The Hall–Kier alpha value is -1.54. The molecule has 0 aromatic heterocycles. The molecule has 0 heterocycles. The largest absolute Gasteiger partial charge is 0.472 e. The molecule has 0 radical (unpaired) electrons. The molecule has 60 heavy (non-hydrogen) atoms. The number of ether oxygens (including phenoxy) is 2. The van der Waals surface area contributed by atoms with Crippen molar-refractivity contribution in [3.8, 4) is 0 Å². The van der Waals surface area contributed by atoms with Gasteiger partial charge in [-0.05, 0) is 70.6 Å². The highest BCUT2D eigenvalue weighted by Gasteiger charge is 2.25. The zero-order chi connectivity index (χ0) is 43.7.